The number of fused-ring (bicyclic) bond motifs is 1. The second-order valence-corrected chi connectivity index (χ2v) is 8.27. The number of hydrogen-bond acceptors (Lipinski definition) is 4. The number of benzene rings is 1. The molecule has 0 bridgehead atoms. The summed E-state index contributed by atoms with van der Waals surface area (Å²) in [4.78, 5) is 17.8. The Morgan fingerprint density at radius 2 is 1.88 bits per heavy atom. The van der Waals surface area contributed by atoms with Crippen LogP contribution in [0.4, 0.5) is 13.2 Å². The van der Waals surface area contributed by atoms with E-state index in [0.717, 1.165) is 41.2 Å². The average Bonchev–Trinajstić information content (AvgIpc) is 3.43. The van der Waals surface area contributed by atoms with Crippen LogP contribution in [0.3, 0.4) is 0 Å². The molecular weight excluding hydrogens is 433 g/mol. The van der Waals surface area contributed by atoms with Gasteiger partial charge in [0, 0.05) is 31.4 Å². The smallest absolute Gasteiger partial charge is 0.348 e. The molecule has 1 aliphatic carbocycles. The monoisotopic (exact) mass is 454 g/mol. The highest BCUT2D eigenvalue weighted by molar-refractivity contribution is 6.06. The molecule has 0 unspecified atom stereocenters. The van der Waals surface area contributed by atoms with Crippen LogP contribution in [0.2, 0.25) is 0 Å². The van der Waals surface area contributed by atoms with E-state index in [4.69, 9.17) is 4.98 Å². The van der Waals surface area contributed by atoms with Crippen molar-refractivity contribution in [2.45, 2.75) is 38.4 Å². The molecule has 1 saturated carbocycles. The fraction of sp³-hybridized carbons (Fsp3) is 0.304. The summed E-state index contributed by atoms with van der Waals surface area (Å²) in [6, 6.07) is 9.61. The number of rotatable bonds is 5. The number of carbonyl (C=O) groups excluding carboxylic acids is 1. The lowest BCUT2D eigenvalue weighted by molar-refractivity contribution is -0.141. The van der Waals surface area contributed by atoms with Crippen LogP contribution >= 0.6 is 0 Å². The first-order chi connectivity index (χ1) is 15.7. The van der Waals surface area contributed by atoms with Crippen molar-refractivity contribution in [3.05, 3.63) is 70.8 Å². The van der Waals surface area contributed by atoms with Crippen LogP contribution in [0.5, 0.6) is 0 Å². The summed E-state index contributed by atoms with van der Waals surface area (Å²) >= 11 is 0. The number of nitrogens with zero attached hydrogens (tertiary/aromatic N) is 5. The van der Waals surface area contributed by atoms with Gasteiger partial charge in [-0.3, -0.25) is 9.48 Å². The molecule has 7 nitrogen and oxygen atoms in total. The van der Waals surface area contributed by atoms with Gasteiger partial charge in [-0.15, -0.1) is 0 Å². The summed E-state index contributed by atoms with van der Waals surface area (Å²) < 4.78 is 41.2. The number of aromatic nitrogens is 5. The molecule has 1 amide bonds. The van der Waals surface area contributed by atoms with E-state index in [9.17, 15) is 18.0 Å². The Labute approximate surface area is 187 Å². The van der Waals surface area contributed by atoms with Gasteiger partial charge in [0.05, 0.1) is 22.3 Å². The Hall–Kier alpha value is -3.69. The van der Waals surface area contributed by atoms with Crippen molar-refractivity contribution >= 4 is 16.9 Å². The highest BCUT2D eigenvalue weighted by Crippen LogP contribution is 2.40. The molecule has 0 spiro atoms. The highest BCUT2D eigenvalue weighted by Gasteiger charge is 2.33. The van der Waals surface area contributed by atoms with E-state index < -0.39 is 11.9 Å². The molecule has 1 aromatic carbocycles. The summed E-state index contributed by atoms with van der Waals surface area (Å²) in [7, 11) is 1.82. The normalized spacial score (nSPS) is 14.1. The van der Waals surface area contributed by atoms with E-state index in [0.29, 0.717) is 22.8 Å². The number of alkyl halides is 3. The van der Waals surface area contributed by atoms with E-state index in [-0.39, 0.29) is 12.5 Å². The molecule has 5 rings (SSSR count). The van der Waals surface area contributed by atoms with Gasteiger partial charge in [-0.1, -0.05) is 12.1 Å². The molecule has 3 heterocycles. The predicted octanol–water partition coefficient (Wildman–Crippen LogP) is 4.29. The van der Waals surface area contributed by atoms with E-state index in [1.54, 1.807) is 28.9 Å². The van der Waals surface area contributed by atoms with Gasteiger partial charge >= 0.3 is 6.18 Å². The third kappa shape index (κ3) is 4.08. The lowest BCUT2D eigenvalue weighted by Gasteiger charge is -2.10. The third-order valence-corrected chi connectivity index (χ3v) is 5.76. The SMILES string of the molecule is Cc1nn(C)c2nc(C3CC3)cc(C(=O)NCc3ccc(-n4ccc(C(F)(F)F)n4)cc3)c12. The zero-order valence-corrected chi connectivity index (χ0v) is 18.0. The maximum atomic E-state index is 13.1. The van der Waals surface area contributed by atoms with E-state index >= 15 is 0 Å². The van der Waals surface area contributed by atoms with Gasteiger partial charge < -0.3 is 5.32 Å². The van der Waals surface area contributed by atoms with Crippen LogP contribution < -0.4 is 5.32 Å². The van der Waals surface area contributed by atoms with Gasteiger partial charge in [0.15, 0.2) is 11.3 Å². The summed E-state index contributed by atoms with van der Waals surface area (Å²) in [5.41, 5.74) is 3.28. The molecule has 10 heteroatoms. The first kappa shape index (κ1) is 21.2. The van der Waals surface area contributed by atoms with Crippen LogP contribution in [0.1, 0.15) is 51.8 Å². The summed E-state index contributed by atoms with van der Waals surface area (Å²) in [5.74, 6) is 0.176. The number of halogens is 3. The minimum absolute atomic E-state index is 0.216. The second kappa shape index (κ2) is 7.72. The van der Waals surface area contributed by atoms with Crippen LogP contribution in [-0.2, 0) is 19.8 Å². The van der Waals surface area contributed by atoms with Crippen LogP contribution in [0.15, 0.2) is 42.6 Å². The molecule has 170 valence electrons. The number of amides is 1. The first-order valence-corrected chi connectivity index (χ1v) is 10.6. The van der Waals surface area contributed by atoms with E-state index in [1.807, 2.05) is 20.0 Å². The van der Waals surface area contributed by atoms with Crippen molar-refractivity contribution in [3.8, 4) is 5.69 Å². The fourth-order valence-corrected chi connectivity index (χ4v) is 3.89. The number of pyridine rings is 1. The van der Waals surface area contributed by atoms with Crippen molar-refractivity contribution in [1.29, 1.82) is 0 Å². The fourth-order valence-electron chi connectivity index (χ4n) is 3.89. The third-order valence-electron chi connectivity index (χ3n) is 5.76. The summed E-state index contributed by atoms with van der Waals surface area (Å²) in [6.45, 7) is 2.13. The number of aryl methyl sites for hydroxylation is 2. The molecule has 1 fully saturated rings. The highest BCUT2D eigenvalue weighted by atomic mass is 19.4. The van der Waals surface area contributed by atoms with Gasteiger partial charge in [-0.25, -0.2) is 9.67 Å². The molecule has 0 aliphatic heterocycles. The predicted molar refractivity (Wildman–Crippen MR) is 115 cm³/mol. The summed E-state index contributed by atoms with van der Waals surface area (Å²) in [5, 5.41) is 11.7. The minimum Gasteiger partial charge on any atom is -0.348 e. The summed E-state index contributed by atoms with van der Waals surface area (Å²) in [6.07, 6.45) is -1.07. The molecular formula is C23H21F3N6O. The number of hydrogen-bond donors (Lipinski definition) is 1. The van der Waals surface area contributed by atoms with Gasteiger partial charge in [0.2, 0.25) is 0 Å². The molecule has 3 aromatic heterocycles. The Bertz CT molecular complexity index is 1350. The Kier molecular flexibility index (Phi) is 4.95. The molecule has 0 saturated heterocycles. The van der Waals surface area contributed by atoms with E-state index in [2.05, 4.69) is 15.5 Å². The second-order valence-electron chi connectivity index (χ2n) is 8.27. The van der Waals surface area contributed by atoms with Crippen molar-refractivity contribution in [1.82, 2.24) is 29.9 Å². The Morgan fingerprint density at radius 1 is 1.15 bits per heavy atom. The Balaban J connectivity index is 1.33. The van der Waals surface area contributed by atoms with Crippen LogP contribution in [0.25, 0.3) is 16.7 Å². The van der Waals surface area contributed by atoms with Gasteiger partial charge in [-0.05, 0) is 49.6 Å². The molecule has 33 heavy (non-hydrogen) atoms. The van der Waals surface area contributed by atoms with Crippen LogP contribution in [-0.4, -0.2) is 30.5 Å². The first-order valence-electron chi connectivity index (χ1n) is 10.6. The van der Waals surface area contributed by atoms with Crippen molar-refractivity contribution in [3.63, 3.8) is 0 Å². The van der Waals surface area contributed by atoms with Gasteiger partial charge in [0.25, 0.3) is 5.91 Å². The topological polar surface area (TPSA) is 77.6 Å². The quantitative estimate of drug-likeness (QED) is 0.488. The van der Waals surface area contributed by atoms with Gasteiger partial charge in [0.1, 0.15) is 0 Å². The minimum atomic E-state index is -4.49. The molecule has 0 atom stereocenters. The molecule has 0 radical (unpaired) electrons. The molecule has 1 N–H and O–H groups in total. The largest absolute Gasteiger partial charge is 0.435 e. The lowest BCUT2D eigenvalue weighted by Crippen LogP contribution is -2.23. The van der Waals surface area contributed by atoms with Crippen molar-refractivity contribution in [2.24, 2.45) is 7.05 Å². The van der Waals surface area contributed by atoms with Gasteiger partial charge in [-0.2, -0.15) is 23.4 Å². The Morgan fingerprint density at radius 3 is 2.52 bits per heavy atom. The average molecular weight is 454 g/mol. The van der Waals surface area contributed by atoms with Crippen molar-refractivity contribution in [2.75, 3.05) is 0 Å². The maximum Gasteiger partial charge on any atom is 0.435 e. The number of nitrogens with one attached hydrogen (secondary N) is 1. The maximum absolute atomic E-state index is 13.1. The lowest BCUT2D eigenvalue weighted by atomic mass is 10.1. The molecule has 1 aliphatic rings. The zero-order chi connectivity index (χ0) is 23.3. The number of carbonyl (C=O) groups is 1. The standard InChI is InChI=1S/C23H21F3N6O/c1-13-20-17(11-18(15-5-6-15)28-21(20)31(2)29-13)22(33)27-12-14-3-7-16(8-4-14)32-10-9-19(30-32)23(24,25)26/h3-4,7-11,15H,5-6,12H2,1-2H3,(H,27,33). The zero-order valence-electron chi connectivity index (χ0n) is 18.0. The van der Waals surface area contributed by atoms with Crippen LogP contribution in [0, 0.1) is 6.92 Å². The van der Waals surface area contributed by atoms with E-state index in [1.165, 1.54) is 10.9 Å². The van der Waals surface area contributed by atoms with Crippen molar-refractivity contribution < 1.29 is 18.0 Å². The molecule has 4 aromatic rings.